The van der Waals surface area contributed by atoms with Crippen LogP contribution in [0.1, 0.15) is 24.6 Å². The van der Waals surface area contributed by atoms with E-state index in [0.29, 0.717) is 12.2 Å². The molecule has 0 aliphatic rings. The zero-order chi connectivity index (χ0) is 12.7. The Kier molecular flexibility index (Phi) is 4.98. The van der Waals surface area contributed by atoms with Crippen LogP contribution < -0.4 is 11.1 Å². The number of nitrogens with two attached hydrogens (primary N) is 1. The number of amidine groups is 1. The lowest BCUT2D eigenvalue weighted by Gasteiger charge is -2.12. The van der Waals surface area contributed by atoms with E-state index < -0.39 is 0 Å². The van der Waals surface area contributed by atoms with Gasteiger partial charge >= 0.3 is 0 Å². The molecule has 1 rings (SSSR count). The average molecular weight is 232 g/mol. The van der Waals surface area contributed by atoms with Crippen molar-refractivity contribution in [2.75, 3.05) is 0 Å². The van der Waals surface area contributed by atoms with Gasteiger partial charge < -0.3 is 10.9 Å². The van der Waals surface area contributed by atoms with Gasteiger partial charge in [-0.2, -0.15) is 0 Å². The molecule has 0 aliphatic carbocycles. The third-order valence-corrected chi connectivity index (χ3v) is 2.39. The van der Waals surface area contributed by atoms with E-state index in [0.717, 1.165) is 12.0 Å². The van der Waals surface area contributed by atoms with Gasteiger partial charge in [0, 0.05) is 12.7 Å². The normalized spacial score (nSPS) is 13.1. The molecular weight excluding hydrogens is 216 g/mol. The fourth-order valence-electron chi connectivity index (χ4n) is 1.41. The zero-order valence-corrected chi connectivity index (χ0v) is 9.72. The molecular formula is C12H16N4O. The first kappa shape index (κ1) is 13.0. The summed E-state index contributed by atoms with van der Waals surface area (Å²) in [5.41, 5.74) is 6.85. The predicted molar refractivity (Wildman–Crippen MR) is 66.5 cm³/mol. The second kappa shape index (κ2) is 6.51. The summed E-state index contributed by atoms with van der Waals surface area (Å²) in [5, 5.41) is 14.8. The highest BCUT2D eigenvalue weighted by Crippen LogP contribution is 2.05. The van der Waals surface area contributed by atoms with E-state index in [1.54, 1.807) is 12.3 Å². The van der Waals surface area contributed by atoms with Crippen molar-refractivity contribution in [1.82, 2.24) is 10.3 Å². The van der Waals surface area contributed by atoms with Crippen molar-refractivity contribution in [2.45, 2.75) is 25.9 Å². The Morgan fingerprint density at radius 2 is 2.53 bits per heavy atom. The molecule has 17 heavy (non-hydrogen) atoms. The Balaban J connectivity index is 2.81. The Morgan fingerprint density at radius 1 is 1.76 bits per heavy atom. The van der Waals surface area contributed by atoms with Crippen molar-refractivity contribution < 1.29 is 5.21 Å². The van der Waals surface area contributed by atoms with Crippen LogP contribution in [-0.4, -0.2) is 22.1 Å². The summed E-state index contributed by atoms with van der Waals surface area (Å²) in [6.07, 6.45) is 7.79. The van der Waals surface area contributed by atoms with Gasteiger partial charge in [0.15, 0.2) is 5.84 Å². The van der Waals surface area contributed by atoms with Crippen LogP contribution >= 0.6 is 0 Å². The first-order valence-corrected chi connectivity index (χ1v) is 5.34. The number of nitrogens with zero attached hydrogens (tertiary/aromatic N) is 2. The van der Waals surface area contributed by atoms with Gasteiger partial charge in [0.1, 0.15) is 5.69 Å². The predicted octanol–water partition coefficient (Wildman–Crippen LogP) is 0.677. The van der Waals surface area contributed by atoms with Gasteiger partial charge in [-0.05, 0) is 18.1 Å². The van der Waals surface area contributed by atoms with E-state index in [1.165, 1.54) is 0 Å². The largest absolute Gasteiger partial charge is 0.409 e. The highest BCUT2D eigenvalue weighted by atomic mass is 16.4. The van der Waals surface area contributed by atoms with Crippen molar-refractivity contribution in [3.8, 4) is 12.3 Å². The molecule has 0 saturated heterocycles. The van der Waals surface area contributed by atoms with Crippen molar-refractivity contribution >= 4 is 5.84 Å². The molecule has 5 heteroatoms. The molecule has 1 aromatic rings. The monoisotopic (exact) mass is 232 g/mol. The number of hydrogen-bond donors (Lipinski definition) is 3. The Labute approximate surface area is 101 Å². The Bertz CT molecular complexity index is 436. The van der Waals surface area contributed by atoms with E-state index in [9.17, 15) is 0 Å². The van der Waals surface area contributed by atoms with Gasteiger partial charge in [-0.1, -0.05) is 24.1 Å². The van der Waals surface area contributed by atoms with Crippen molar-refractivity contribution in [2.24, 2.45) is 10.9 Å². The van der Waals surface area contributed by atoms with Gasteiger partial charge in [-0.15, -0.1) is 6.42 Å². The number of terminal acetylenes is 1. The molecule has 0 spiro atoms. The third kappa shape index (κ3) is 3.47. The molecule has 5 nitrogen and oxygen atoms in total. The Morgan fingerprint density at radius 3 is 3.12 bits per heavy atom. The molecule has 0 bridgehead atoms. The number of rotatable bonds is 5. The minimum atomic E-state index is -0.00356. The van der Waals surface area contributed by atoms with Crippen LogP contribution in [0.4, 0.5) is 0 Å². The van der Waals surface area contributed by atoms with Gasteiger partial charge in [0.05, 0.1) is 6.04 Å². The van der Waals surface area contributed by atoms with Crippen LogP contribution in [0.3, 0.4) is 0 Å². The fourth-order valence-corrected chi connectivity index (χ4v) is 1.41. The molecule has 0 saturated carbocycles. The van der Waals surface area contributed by atoms with E-state index in [-0.39, 0.29) is 11.9 Å². The molecule has 4 N–H and O–H groups in total. The summed E-state index contributed by atoms with van der Waals surface area (Å²) in [6.45, 7) is 2.54. The lowest BCUT2D eigenvalue weighted by Crippen LogP contribution is -2.28. The molecule has 0 aromatic carbocycles. The van der Waals surface area contributed by atoms with Crippen LogP contribution in [0, 0.1) is 12.3 Å². The van der Waals surface area contributed by atoms with Crippen molar-refractivity contribution in [3.63, 3.8) is 0 Å². The molecule has 1 aromatic heterocycles. The SMILES string of the molecule is C#CC(CC)NCc1cccnc1/C(N)=N/O. The van der Waals surface area contributed by atoms with Gasteiger partial charge in [-0.25, -0.2) is 0 Å². The standard InChI is InChI=1S/C12H16N4O/c1-3-10(4-2)15-8-9-6-5-7-14-11(9)12(13)16-17/h1,5-7,10,15,17H,4,8H2,2H3,(H2,13,16). The smallest absolute Gasteiger partial charge is 0.189 e. The van der Waals surface area contributed by atoms with E-state index in [2.05, 4.69) is 21.4 Å². The minimum Gasteiger partial charge on any atom is -0.409 e. The fraction of sp³-hybridized carbons (Fsp3) is 0.333. The Hall–Kier alpha value is -2.06. The van der Waals surface area contributed by atoms with Crippen molar-refractivity contribution in [1.29, 1.82) is 0 Å². The summed E-state index contributed by atoms with van der Waals surface area (Å²) in [4.78, 5) is 4.07. The van der Waals surface area contributed by atoms with Crippen LogP contribution in [-0.2, 0) is 6.54 Å². The number of hydrogen-bond acceptors (Lipinski definition) is 4. The molecule has 0 fully saturated rings. The lowest BCUT2D eigenvalue weighted by atomic mass is 10.1. The molecule has 0 radical (unpaired) electrons. The average Bonchev–Trinajstić information content (AvgIpc) is 2.39. The second-order valence-corrected chi connectivity index (χ2v) is 3.50. The highest BCUT2D eigenvalue weighted by molar-refractivity contribution is 5.96. The molecule has 1 unspecified atom stereocenters. The number of pyridine rings is 1. The summed E-state index contributed by atoms with van der Waals surface area (Å²) in [5.74, 6) is 2.64. The van der Waals surface area contributed by atoms with Crippen LogP contribution in [0.5, 0.6) is 0 Å². The number of oxime groups is 1. The van der Waals surface area contributed by atoms with E-state index >= 15 is 0 Å². The maximum atomic E-state index is 8.65. The molecule has 1 atom stereocenters. The lowest BCUT2D eigenvalue weighted by molar-refractivity contribution is 0.318. The van der Waals surface area contributed by atoms with Gasteiger partial charge in [0.25, 0.3) is 0 Å². The molecule has 90 valence electrons. The zero-order valence-electron chi connectivity index (χ0n) is 9.72. The van der Waals surface area contributed by atoms with Crippen LogP contribution in [0.15, 0.2) is 23.5 Å². The topological polar surface area (TPSA) is 83.5 Å². The highest BCUT2D eigenvalue weighted by Gasteiger charge is 2.09. The molecule has 1 heterocycles. The summed E-state index contributed by atoms with van der Waals surface area (Å²) in [7, 11) is 0. The first-order chi connectivity index (χ1) is 8.22. The third-order valence-electron chi connectivity index (χ3n) is 2.39. The summed E-state index contributed by atoms with van der Waals surface area (Å²) in [6, 6.07) is 3.66. The summed E-state index contributed by atoms with van der Waals surface area (Å²) >= 11 is 0. The second-order valence-electron chi connectivity index (χ2n) is 3.50. The number of aromatic nitrogens is 1. The maximum absolute atomic E-state index is 8.65. The van der Waals surface area contributed by atoms with Crippen LogP contribution in [0.2, 0.25) is 0 Å². The summed E-state index contributed by atoms with van der Waals surface area (Å²) < 4.78 is 0. The molecule has 0 aliphatic heterocycles. The first-order valence-electron chi connectivity index (χ1n) is 5.34. The number of nitrogens with one attached hydrogen (secondary N) is 1. The molecule has 0 amide bonds. The maximum Gasteiger partial charge on any atom is 0.189 e. The van der Waals surface area contributed by atoms with E-state index in [4.69, 9.17) is 17.4 Å². The van der Waals surface area contributed by atoms with E-state index in [1.807, 2.05) is 13.0 Å². The van der Waals surface area contributed by atoms with Crippen molar-refractivity contribution in [3.05, 3.63) is 29.6 Å². The van der Waals surface area contributed by atoms with Gasteiger partial charge in [0.2, 0.25) is 0 Å². The van der Waals surface area contributed by atoms with Crippen LogP contribution in [0.25, 0.3) is 0 Å². The minimum absolute atomic E-state index is 0.00356. The van der Waals surface area contributed by atoms with Gasteiger partial charge in [-0.3, -0.25) is 10.3 Å². The quantitative estimate of drug-likeness (QED) is 0.229.